The van der Waals surface area contributed by atoms with Gasteiger partial charge in [-0.3, -0.25) is 4.79 Å². The summed E-state index contributed by atoms with van der Waals surface area (Å²) in [6, 6.07) is 13.9. The van der Waals surface area contributed by atoms with Gasteiger partial charge in [-0.25, -0.2) is 19.4 Å². The average molecular weight is 666 g/mol. The summed E-state index contributed by atoms with van der Waals surface area (Å²) in [7, 11) is 1.28. The van der Waals surface area contributed by atoms with E-state index in [9.17, 15) is 9.59 Å². The molecule has 1 aliphatic heterocycles. The van der Waals surface area contributed by atoms with Gasteiger partial charge < -0.3 is 19.8 Å². The van der Waals surface area contributed by atoms with Gasteiger partial charge >= 0.3 is 5.97 Å². The van der Waals surface area contributed by atoms with Gasteiger partial charge in [0.15, 0.2) is 5.65 Å². The van der Waals surface area contributed by atoms with Crippen molar-refractivity contribution in [1.29, 1.82) is 0 Å². The molecule has 5 heterocycles. The summed E-state index contributed by atoms with van der Waals surface area (Å²) >= 11 is 6.38. The molecule has 8 rings (SSSR count). The topological polar surface area (TPSA) is 155 Å². The van der Waals surface area contributed by atoms with Crippen molar-refractivity contribution >= 4 is 45.5 Å². The zero-order valence-electron chi connectivity index (χ0n) is 26.3. The largest absolute Gasteiger partial charge is 0.487 e. The molecule has 0 saturated heterocycles. The number of benzene rings is 2. The number of hydrogen-bond acceptors (Lipinski definition) is 9. The van der Waals surface area contributed by atoms with Crippen LogP contribution < -0.4 is 10.1 Å². The van der Waals surface area contributed by atoms with Crippen molar-refractivity contribution in [3.63, 3.8) is 0 Å². The van der Waals surface area contributed by atoms with Crippen molar-refractivity contribution < 1.29 is 19.1 Å². The first-order valence-corrected chi connectivity index (χ1v) is 16.3. The minimum atomic E-state index is -1.01. The Morgan fingerprint density at radius 1 is 1.19 bits per heavy atom. The fraction of sp³-hybridized carbons (Fsp3) is 0.324. The molecule has 1 unspecified atom stereocenters. The molecule has 1 amide bonds. The van der Waals surface area contributed by atoms with Crippen molar-refractivity contribution in [2.75, 3.05) is 7.11 Å². The molecule has 2 aliphatic rings. The second-order valence-electron chi connectivity index (χ2n) is 12.5. The molecule has 13 nitrogen and oxygen atoms in total. The first-order chi connectivity index (χ1) is 23.3. The second kappa shape index (κ2) is 11.7. The lowest BCUT2D eigenvalue weighted by atomic mass is 9.86. The highest BCUT2D eigenvalue weighted by molar-refractivity contribution is 6.30. The lowest BCUT2D eigenvalue weighted by Crippen LogP contribution is -2.43. The van der Waals surface area contributed by atoms with Crippen LogP contribution in [0.25, 0.3) is 28.0 Å². The molecule has 48 heavy (non-hydrogen) atoms. The Labute approximate surface area is 279 Å². The summed E-state index contributed by atoms with van der Waals surface area (Å²) < 4.78 is 15.0. The Morgan fingerprint density at radius 2 is 2.02 bits per heavy atom. The molecule has 2 N–H and O–H groups in total. The number of aromatic amines is 1. The van der Waals surface area contributed by atoms with Gasteiger partial charge in [0.05, 0.1) is 41.1 Å². The summed E-state index contributed by atoms with van der Waals surface area (Å²) in [6.07, 6.45) is 8.27. The van der Waals surface area contributed by atoms with Crippen LogP contribution in [0.2, 0.25) is 5.02 Å². The number of aryl methyl sites for hydroxylation is 1. The number of aromatic nitrogens is 8. The Hall–Kier alpha value is -5.30. The fourth-order valence-corrected chi connectivity index (χ4v) is 7.15. The molecule has 2 aromatic carbocycles. The maximum Gasteiger partial charge on any atom is 0.328 e. The maximum absolute atomic E-state index is 13.5. The number of imidazole rings is 1. The van der Waals surface area contributed by atoms with Gasteiger partial charge in [-0.2, -0.15) is 9.78 Å². The summed E-state index contributed by atoms with van der Waals surface area (Å²) in [4.78, 5) is 38.8. The number of para-hydroxylation sites is 2. The Bertz CT molecular complexity index is 2170. The van der Waals surface area contributed by atoms with E-state index in [1.165, 1.54) is 13.3 Å². The van der Waals surface area contributed by atoms with E-state index < -0.39 is 17.9 Å². The number of ether oxygens (including phenoxy) is 2. The van der Waals surface area contributed by atoms with E-state index in [1.807, 2.05) is 60.3 Å². The van der Waals surface area contributed by atoms with Crippen LogP contribution in [-0.4, -0.2) is 70.4 Å². The molecule has 4 aromatic heterocycles. The number of hydrogen-bond donors (Lipinski definition) is 2. The quantitative estimate of drug-likeness (QED) is 0.223. The van der Waals surface area contributed by atoms with Crippen LogP contribution in [0.4, 0.5) is 0 Å². The third-order valence-electron chi connectivity index (χ3n) is 9.37. The van der Waals surface area contributed by atoms with Crippen molar-refractivity contribution in [3.8, 4) is 11.7 Å². The van der Waals surface area contributed by atoms with Crippen LogP contribution in [-0.2, 0) is 16.0 Å². The Balaban J connectivity index is 1.03. The van der Waals surface area contributed by atoms with Gasteiger partial charge in [-0.1, -0.05) is 28.9 Å². The van der Waals surface area contributed by atoms with Crippen molar-refractivity contribution in [2.45, 2.75) is 63.1 Å². The highest BCUT2D eigenvalue weighted by Gasteiger charge is 2.44. The number of methoxy groups -OCH3 is 1. The smallest absolute Gasteiger partial charge is 0.328 e. The van der Waals surface area contributed by atoms with Gasteiger partial charge in [0, 0.05) is 41.2 Å². The minimum absolute atomic E-state index is 0.0772. The number of carbonyl (C=O) groups is 2. The standard InChI is InChI=1S/C34H32ClN9O4/c1-19-23-13-20(17-36-30(23)44(41-19)33-38-25-7-3-4-8-26(25)39-33)31(45)37-27(32(46)47-2)15-22-18-43(42-40-22)28-16-34(11-5-6-12-34)48-29-10-9-21(35)14-24(28)29/h3-4,7-10,13-14,17-18,27-28H,5-6,11-12,15-16H2,1-2H3,(H,37,45)(H,38,39)/t27?,28-/m1/s1. The monoisotopic (exact) mass is 665 g/mol. The first kappa shape index (κ1) is 30.1. The van der Waals surface area contributed by atoms with Crippen molar-refractivity contribution in [1.82, 2.24) is 45.0 Å². The highest BCUT2D eigenvalue weighted by atomic mass is 35.5. The molecule has 0 bridgehead atoms. The maximum atomic E-state index is 13.5. The van der Waals surface area contributed by atoms with E-state index >= 15 is 0 Å². The van der Waals surface area contributed by atoms with Gasteiger partial charge in [0.1, 0.15) is 17.4 Å². The van der Waals surface area contributed by atoms with E-state index in [-0.39, 0.29) is 23.6 Å². The minimum Gasteiger partial charge on any atom is -0.487 e. The number of esters is 1. The van der Waals surface area contributed by atoms with Crippen LogP contribution in [0, 0.1) is 6.92 Å². The Kier molecular flexibility index (Phi) is 7.35. The molecule has 1 spiro atoms. The first-order valence-electron chi connectivity index (χ1n) is 15.9. The number of H-pyrrole nitrogens is 1. The zero-order valence-corrected chi connectivity index (χ0v) is 27.1. The number of carbonyl (C=O) groups excluding carboxylic acids is 2. The molecule has 6 aromatic rings. The van der Waals surface area contributed by atoms with Gasteiger partial charge in [-0.05, 0) is 69.0 Å². The zero-order chi connectivity index (χ0) is 33.0. The van der Waals surface area contributed by atoms with E-state index in [0.29, 0.717) is 33.4 Å². The predicted octanol–water partition coefficient (Wildman–Crippen LogP) is 5.05. The van der Waals surface area contributed by atoms with E-state index in [0.717, 1.165) is 54.5 Å². The molecule has 1 aliphatic carbocycles. The van der Waals surface area contributed by atoms with E-state index in [2.05, 4.69) is 35.7 Å². The number of pyridine rings is 1. The lowest BCUT2D eigenvalue weighted by molar-refractivity contribution is -0.142. The summed E-state index contributed by atoms with van der Waals surface area (Å²) in [5, 5.41) is 17.6. The van der Waals surface area contributed by atoms with Crippen LogP contribution in [0.15, 0.2) is 60.9 Å². The predicted molar refractivity (Wildman–Crippen MR) is 176 cm³/mol. The van der Waals surface area contributed by atoms with Crippen molar-refractivity contribution in [3.05, 3.63) is 88.5 Å². The highest BCUT2D eigenvalue weighted by Crippen LogP contribution is 2.48. The number of nitrogens with zero attached hydrogens (tertiary/aromatic N) is 7. The molecule has 1 saturated carbocycles. The van der Waals surface area contributed by atoms with Crippen LogP contribution in [0.5, 0.6) is 5.75 Å². The number of nitrogens with one attached hydrogen (secondary N) is 2. The van der Waals surface area contributed by atoms with Gasteiger partial charge in [-0.15, -0.1) is 5.10 Å². The van der Waals surface area contributed by atoms with Gasteiger partial charge in [0.2, 0.25) is 5.95 Å². The van der Waals surface area contributed by atoms with Crippen LogP contribution >= 0.6 is 11.6 Å². The van der Waals surface area contributed by atoms with Crippen LogP contribution in [0.1, 0.15) is 65.5 Å². The molecule has 244 valence electrons. The molecular weight excluding hydrogens is 634 g/mol. The summed E-state index contributed by atoms with van der Waals surface area (Å²) in [5.41, 5.74) is 4.37. The summed E-state index contributed by atoms with van der Waals surface area (Å²) in [6.45, 7) is 1.84. The number of amides is 1. The van der Waals surface area contributed by atoms with E-state index in [4.69, 9.17) is 21.1 Å². The molecule has 2 atom stereocenters. The average Bonchev–Trinajstić information content (AvgIpc) is 3.90. The van der Waals surface area contributed by atoms with Crippen LogP contribution in [0.3, 0.4) is 0 Å². The van der Waals surface area contributed by atoms with Gasteiger partial charge in [0.25, 0.3) is 5.91 Å². The third-order valence-corrected chi connectivity index (χ3v) is 9.60. The Morgan fingerprint density at radius 3 is 2.83 bits per heavy atom. The normalized spacial score (nSPS) is 17.4. The number of halogens is 1. The summed E-state index contributed by atoms with van der Waals surface area (Å²) in [5.74, 6) is 0.231. The molecule has 1 fully saturated rings. The third kappa shape index (κ3) is 5.33. The van der Waals surface area contributed by atoms with Crippen molar-refractivity contribution in [2.24, 2.45) is 0 Å². The van der Waals surface area contributed by atoms with E-state index in [1.54, 1.807) is 10.7 Å². The molecule has 0 radical (unpaired) electrons. The number of fused-ring (bicyclic) bond motifs is 3. The molecule has 14 heteroatoms. The lowest BCUT2D eigenvalue weighted by Gasteiger charge is -2.40. The number of rotatable bonds is 7. The second-order valence-corrected chi connectivity index (χ2v) is 12.9. The molecular formula is C34H32ClN9O4. The SMILES string of the molecule is COC(=O)C(Cc1cn([C@@H]2CC3(CCCC3)Oc3ccc(Cl)cc32)nn1)NC(=O)c1cnc2c(c1)c(C)nn2-c1nc2ccccc2[nH]1. The fourth-order valence-electron chi connectivity index (χ4n) is 6.97.